The number of rotatable bonds is 5. The van der Waals surface area contributed by atoms with Gasteiger partial charge in [0.1, 0.15) is 11.2 Å². The average molecular weight is 812 g/mol. The molecule has 0 N–H and O–H groups in total. The van der Waals surface area contributed by atoms with Crippen molar-refractivity contribution in [3.63, 3.8) is 0 Å². The molecule has 0 radical (unpaired) electrons. The molecule has 0 amide bonds. The standard InChI is InChI=1S/C59H45N3O/c1-58(2)28-29-59(3,4)52-35-54-50(34-51(52)58)48-25-24-42(33-53(48)63-54)45-26-27-49(47-17-11-10-16-46(45)47)57-61-55(43-22-18-37-14-8-9-15-38(37)31-43)60-56(62-57)44-23-21-40-30-39(19-20-41(40)32-44)36-12-6-5-7-13-36/h5-27,30-35H,28-29H2,1-4H3. The van der Waals surface area contributed by atoms with Crippen LogP contribution in [-0.2, 0) is 10.8 Å². The van der Waals surface area contributed by atoms with E-state index in [9.17, 15) is 0 Å². The van der Waals surface area contributed by atoms with Gasteiger partial charge in [-0.05, 0) is 138 Å². The molecule has 2 aromatic heterocycles. The van der Waals surface area contributed by atoms with E-state index in [2.05, 4.69) is 204 Å². The number of fused-ring (bicyclic) bond motifs is 7. The molecule has 0 spiro atoms. The summed E-state index contributed by atoms with van der Waals surface area (Å²) in [4.78, 5) is 15.7. The summed E-state index contributed by atoms with van der Waals surface area (Å²) in [5, 5.41) is 9.15. The second-order valence-electron chi connectivity index (χ2n) is 18.7. The SMILES string of the molecule is CC1(C)CCC(C)(C)c2cc3c(cc21)oc1cc(-c2ccc(-c4nc(-c5ccc6ccccc6c5)nc(-c5ccc6cc(-c7ccccc7)ccc6c5)n4)c4ccccc24)ccc13. The quantitative estimate of drug-likeness (QED) is 0.174. The van der Waals surface area contributed by atoms with Gasteiger partial charge in [-0.3, -0.25) is 0 Å². The molecule has 0 aliphatic heterocycles. The molecule has 0 unspecified atom stereocenters. The molecule has 1 aliphatic carbocycles. The summed E-state index contributed by atoms with van der Waals surface area (Å²) in [6.07, 6.45) is 2.35. The van der Waals surface area contributed by atoms with Crippen LogP contribution in [0, 0.1) is 0 Å². The molecule has 11 aromatic rings. The van der Waals surface area contributed by atoms with Crippen LogP contribution in [0.15, 0.2) is 180 Å². The third-order valence-electron chi connectivity index (χ3n) is 13.8. The van der Waals surface area contributed by atoms with Crippen LogP contribution in [0.3, 0.4) is 0 Å². The molecule has 9 aromatic carbocycles. The number of benzene rings is 9. The number of aromatic nitrogens is 3. The second kappa shape index (κ2) is 14.1. The van der Waals surface area contributed by atoms with Gasteiger partial charge in [0.2, 0.25) is 0 Å². The van der Waals surface area contributed by atoms with Gasteiger partial charge in [0.05, 0.1) is 0 Å². The highest BCUT2D eigenvalue weighted by molar-refractivity contribution is 6.09. The molecule has 4 heteroatoms. The lowest BCUT2D eigenvalue weighted by Gasteiger charge is -2.41. The minimum Gasteiger partial charge on any atom is -0.456 e. The fourth-order valence-corrected chi connectivity index (χ4v) is 10.0. The normalized spacial score (nSPS) is 14.5. The van der Waals surface area contributed by atoms with Crippen LogP contribution in [-0.4, -0.2) is 15.0 Å². The van der Waals surface area contributed by atoms with Crippen LogP contribution in [0.5, 0.6) is 0 Å². The van der Waals surface area contributed by atoms with Gasteiger partial charge in [-0.2, -0.15) is 0 Å². The molecular weight excluding hydrogens is 767 g/mol. The minimum absolute atomic E-state index is 0.113. The van der Waals surface area contributed by atoms with E-state index in [0.29, 0.717) is 17.5 Å². The van der Waals surface area contributed by atoms with Gasteiger partial charge in [-0.25, -0.2) is 15.0 Å². The summed E-state index contributed by atoms with van der Waals surface area (Å²) in [5.74, 6) is 1.90. The maximum atomic E-state index is 6.71. The minimum atomic E-state index is 0.113. The van der Waals surface area contributed by atoms with E-state index in [4.69, 9.17) is 19.4 Å². The zero-order valence-corrected chi connectivity index (χ0v) is 35.9. The zero-order valence-electron chi connectivity index (χ0n) is 35.9. The number of nitrogens with zero attached hydrogens (tertiary/aromatic N) is 3. The highest BCUT2D eigenvalue weighted by atomic mass is 16.3. The Morgan fingerprint density at radius 1 is 0.349 bits per heavy atom. The maximum absolute atomic E-state index is 6.71. The zero-order chi connectivity index (χ0) is 42.5. The van der Waals surface area contributed by atoms with Crippen molar-refractivity contribution < 1.29 is 4.42 Å². The Morgan fingerprint density at radius 2 is 0.857 bits per heavy atom. The van der Waals surface area contributed by atoms with E-state index >= 15 is 0 Å². The lowest BCUT2D eigenvalue weighted by atomic mass is 9.63. The molecule has 12 rings (SSSR count). The fraction of sp³-hybridized carbons (Fsp3) is 0.136. The van der Waals surface area contributed by atoms with Crippen molar-refractivity contribution in [2.75, 3.05) is 0 Å². The third kappa shape index (κ3) is 6.31. The Balaban J connectivity index is 0.990. The number of hydrogen-bond donors (Lipinski definition) is 0. The van der Waals surface area contributed by atoms with Crippen LogP contribution in [0.4, 0.5) is 0 Å². The van der Waals surface area contributed by atoms with Gasteiger partial charge in [0.25, 0.3) is 0 Å². The highest BCUT2D eigenvalue weighted by Crippen LogP contribution is 2.48. The Labute approximate surface area is 366 Å². The van der Waals surface area contributed by atoms with Crippen molar-refractivity contribution in [1.29, 1.82) is 0 Å². The summed E-state index contributed by atoms with van der Waals surface area (Å²) in [6.45, 7) is 9.51. The molecule has 4 nitrogen and oxygen atoms in total. The number of furan rings is 1. The van der Waals surface area contributed by atoms with E-state index < -0.39 is 0 Å². The van der Waals surface area contributed by atoms with E-state index in [1.165, 1.54) is 51.3 Å². The Morgan fingerprint density at radius 3 is 1.57 bits per heavy atom. The lowest BCUT2D eigenvalue weighted by Crippen LogP contribution is -2.33. The molecule has 0 fully saturated rings. The summed E-state index contributed by atoms with van der Waals surface area (Å²) in [5.41, 5.74) is 12.4. The van der Waals surface area contributed by atoms with Crippen LogP contribution < -0.4 is 0 Å². The Bertz CT molecular complexity index is 3630. The van der Waals surface area contributed by atoms with E-state index in [0.717, 1.165) is 65.9 Å². The first-order valence-corrected chi connectivity index (χ1v) is 22.0. The predicted octanol–water partition coefficient (Wildman–Crippen LogP) is 15.9. The Kier molecular flexibility index (Phi) is 8.33. The van der Waals surface area contributed by atoms with Gasteiger partial charge in [-0.15, -0.1) is 0 Å². The number of hydrogen-bond acceptors (Lipinski definition) is 4. The molecular formula is C59H45N3O. The van der Waals surface area contributed by atoms with Crippen molar-refractivity contribution in [2.45, 2.75) is 51.4 Å². The molecule has 0 bridgehead atoms. The summed E-state index contributed by atoms with van der Waals surface area (Å²) < 4.78 is 6.71. The van der Waals surface area contributed by atoms with Crippen molar-refractivity contribution in [1.82, 2.24) is 15.0 Å². The van der Waals surface area contributed by atoms with Gasteiger partial charge in [-0.1, -0.05) is 155 Å². The largest absolute Gasteiger partial charge is 0.456 e. The lowest BCUT2D eigenvalue weighted by molar-refractivity contribution is 0.332. The summed E-state index contributed by atoms with van der Waals surface area (Å²) >= 11 is 0. The van der Waals surface area contributed by atoms with Crippen molar-refractivity contribution >= 4 is 54.3 Å². The van der Waals surface area contributed by atoms with Crippen molar-refractivity contribution in [2.24, 2.45) is 0 Å². The van der Waals surface area contributed by atoms with Crippen molar-refractivity contribution in [3.8, 4) is 56.4 Å². The topological polar surface area (TPSA) is 51.8 Å². The monoisotopic (exact) mass is 811 g/mol. The highest BCUT2D eigenvalue weighted by Gasteiger charge is 2.37. The first-order chi connectivity index (χ1) is 30.6. The smallest absolute Gasteiger partial charge is 0.164 e. The maximum Gasteiger partial charge on any atom is 0.164 e. The first kappa shape index (κ1) is 37.3. The first-order valence-electron chi connectivity index (χ1n) is 22.0. The van der Waals surface area contributed by atoms with Crippen molar-refractivity contribution in [3.05, 3.63) is 187 Å². The summed E-state index contributed by atoms with van der Waals surface area (Å²) in [6, 6.07) is 62.9. The van der Waals surface area contributed by atoms with E-state index in [1.54, 1.807) is 0 Å². The Hall–Kier alpha value is -7.43. The van der Waals surface area contributed by atoms with Crippen LogP contribution >= 0.6 is 0 Å². The molecule has 302 valence electrons. The molecule has 63 heavy (non-hydrogen) atoms. The third-order valence-corrected chi connectivity index (χ3v) is 13.8. The van der Waals surface area contributed by atoms with Gasteiger partial charge < -0.3 is 4.42 Å². The fourth-order valence-electron chi connectivity index (χ4n) is 10.0. The van der Waals surface area contributed by atoms with Crippen LogP contribution in [0.25, 0.3) is 111 Å². The average Bonchev–Trinajstić information content (AvgIpc) is 3.69. The van der Waals surface area contributed by atoms with E-state index in [1.807, 2.05) is 0 Å². The van der Waals surface area contributed by atoms with Crippen LogP contribution in [0.2, 0.25) is 0 Å². The summed E-state index contributed by atoms with van der Waals surface area (Å²) in [7, 11) is 0. The van der Waals surface area contributed by atoms with Gasteiger partial charge in [0, 0.05) is 27.5 Å². The molecule has 0 saturated carbocycles. The van der Waals surface area contributed by atoms with Gasteiger partial charge in [0.15, 0.2) is 17.5 Å². The van der Waals surface area contributed by atoms with Crippen LogP contribution in [0.1, 0.15) is 51.7 Å². The molecule has 0 atom stereocenters. The molecule has 0 saturated heterocycles. The predicted molar refractivity (Wildman–Crippen MR) is 262 cm³/mol. The van der Waals surface area contributed by atoms with E-state index in [-0.39, 0.29) is 10.8 Å². The van der Waals surface area contributed by atoms with Gasteiger partial charge >= 0.3 is 0 Å². The molecule has 1 aliphatic rings. The second-order valence-corrected chi connectivity index (χ2v) is 18.7. The molecule has 2 heterocycles.